The van der Waals surface area contributed by atoms with Crippen LogP contribution < -0.4 is 0 Å². The summed E-state index contributed by atoms with van der Waals surface area (Å²) >= 11 is 0. The van der Waals surface area contributed by atoms with E-state index in [0.29, 0.717) is 0 Å². The van der Waals surface area contributed by atoms with Gasteiger partial charge < -0.3 is 18.3 Å². The molecule has 0 atom stereocenters. The Morgan fingerprint density at radius 3 is 0.656 bits per heavy atom. The molecule has 4 nitrogen and oxygen atoms in total. The second kappa shape index (κ2) is 20.9. The predicted molar refractivity (Wildman–Crippen MR) is 401 cm³/mol. The lowest BCUT2D eigenvalue weighted by atomic mass is 9.70. The molecule has 4 aromatic heterocycles. The van der Waals surface area contributed by atoms with Crippen LogP contribution in [-0.4, -0.2) is 18.3 Å². The molecule has 0 fully saturated rings. The van der Waals surface area contributed by atoms with Crippen molar-refractivity contribution >= 4 is 87.2 Å². The van der Waals surface area contributed by atoms with Crippen molar-refractivity contribution in [3.05, 3.63) is 371 Å². The zero-order valence-corrected chi connectivity index (χ0v) is 53.6. The van der Waals surface area contributed by atoms with Crippen LogP contribution in [0.2, 0.25) is 0 Å². The standard InChI is InChI=1S/C51H34N2.C41H32N2/c1-7-19-43-35(13-1)36-14-2-8-20-44(36)51(43)45-29-33(31-52-47-21-9-3-15-39(47)40-16-4-10-22-48(40)52)25-27-37(45)38-28-26-34(30-46(38)51)32-53-49-23-11-5-17-41(49)42-18-6-12-24-50(42)53;1-41(2)35-23-27(25-42-37-15-7-3-11-31(37)32-12-4-8-16-38(32)42)19-21-29(35)30-22-20-28(24-36(30)41)26-43-39-17-9-5-13-33(39)34-14-6-10-18-40(34)43/h1-30H,31-32H2;3-24H,25-26H2,1-2H3. The molecule has 0 radical (unpaired) electrons. The topological polar surface area (TPSA) is 19.7 Å². The van der Waals surface area contributed by atoms with E-state index in [1.165, 1.54) is 176 Å². The summed E-state index contributed by atoms with van der Waals surface area (Å²) in [6, 6.07) is 118. The highest BCUT2D eigenvalue weighted by Gasteiger charge is 2.52. The van der Waals surface area contributed by atoms with Gasteiger partial charge >= 0.3 is 0 Å². The van der Waals surface area contributed by atoms with Crippen LogP contribution in [0.3, 0.4) is 0 Å². The maximum Gasteiger partial charge on any atom is 0.0725 e. The van der Waals surface area contributed by atoms with Gasteiger partial charge in [-0.3, -0.25) is 0 Å². The number of fused-ring (bicyclic) bond motifs is 25. The summed E-state index contributed by atoms with van der Waals surface area (Å²) < 4.78 is 9.96. The van der Waals surface area contributed by atoms with E-state index in [0.717, 1.165) is 26.2 Å². The van der Waals surface area contributed by atoms with E-state index < -0.39 is 5.41 Å². The SMILES string of the molecule is CC1(C)c2cc(Cn3c4ccccc4c4ccccc43)ccc2-c2ccc(Cn3c4ccccc4c4ccccc43)cc21.c1ccc2c(c1)-c1ccccc1C21c2cc(Cn3c4ccccc4c4ccccc43)ccc2-c2ccc(Cn3c4ccccc4c4ccccc43)cc21. The first kappa shape index (κ1) is 54.8. The molecule has 0 aliphatic heterocycles. The molecule has 14 aromatic carbocycles. The fourth-order valence-electron chi connectivity index (χ4n) is 17.9. The lowest BCUT2D eigenvalue weighted by molar-refractivity contribution is 0.656. The normalized spacial score (nSPS) is 13.6. The Kier molecular flexibility index (Phi) is 11.9. The molecule has 0 amide bonds. The summed E-state index contributed by atoms with van der Waals surface area (Å²) in [6.45, 7) is 8.10. The van der Waals surface area contributed by atoms with Crippen molar-refractivity contribution in [2.75, 3.05) is 0 Å². The molecule has 1 spiro atoms. The Hall–Kier alpha value is -11.7. The number of para-hydroxylation sites is 8. The van der Waals surface area contributed by atoms with Crippen LogP contribution in [0, 0.1) is 0 Å². The molecule has 4 heterocycles. The number of hydrogen-bond acceptors (Lipinski definition) is 0. The smallest absolute Gasteiger partial charge is 0.0725 e. The lowest BCUT2D eigenvalue weighted by Crippen LogP contribution is -2.26. The van der Waals surface area contributed by atoms with Gasteiger partial charge in [-0.2, -0.15) is 0 Å². The van der Waals surface area contributed by atoms with E-state index in [1.807, 2.05) is 0 Å². The molecule has 0 unspecified atom stereocenters. The van der Waals surface area contributed by atoms with Gasteiger partial charge in [0.15, 0.2) is 0 Å². The number of aromatic nitrogens is 4. The van der Waals surface area contributed by atoms with Crippen LogP contribution in [0.15, 0.2) is 315 Å². The zero-order valence-electron chi connectivity index (χ0n) is 53.6. The average molecular weight is 1230 g/mol. The second-order valence-electron chi connectivity index (χ2n) is 27.5. The van der Waals surface area contributed by atoms with Gasteiger partial charge in [0.2, 0.25) is 0 Å². The van der Waals surface area contributed by atoms with Gasteiger partial charge in [-0.25, -0.2) is 0 Å². The van der Waals surface area contributed by atoms with Crippen molar-refractivity contribution in [3.8, 4) is 33.4 Å². The Labute approximate surface area is 557 Å². The Bertz CT molecular complexity index is 5680. The van der Waals surface area contributed by atoms with E-state index in [1.54, 1.807) is 0 Å². The van der Waals surface area contributed by atoms with E-state index >= 15 is 0 Å². The summed E-state index contributed by atoms with van der Waals surface area (Å²) in [5.41, 5.74) is 31.6. The van der Waals surface area contributed by atoms with Crippen molar-refractivity contribution < 1.29 is 0 Å². The number of hydrogen-bond donors (Lipinski definition) is 0. The van der Waals surface area contributed by atoms with Gasteiger partial charge in [-0.15, -0.1) is 0 Å². The predicted octanol–water partition coefficient (Wildman–Crippen LogP) is 22.6. The molecule has 0 bridgehead atoms. The summed E-state index contributed by atoms with van der Waals surface area (Å²) in [4.78, 5) is 0. The minimum Gasteiger partial charge on any atom is -0.336 e. The van der Waals surface area contributed by atoms with Crippen LogP contribution >= 0.6 is 0 Å². The monoisotopic (exact) mass is 1230 g/mol. The lowest BCUT2D eigenvalue weighted by Gasteiger charge is -2.31. The summed E-state index contributed by atoms with van der Waals surface area (Å²) in [5, 5.41) is 10.5. The average Bonchev–Trinajstić information content (AvgIpc) is 1.51. The molecular formula is C92H66N4. The maximum absolute atomic E-state index is 2.53. The van der Waals surface area contributed by atoms with Gasteiger partial charge in [-0.05, 0) is 138 Å². The fraction of sp³-hybridized carbons (Fsp3) is 0.0870. The molecule has 3 aliphatic carbocycles. The first-order valence-corrected chi connectivity index (χ1v) is 33.9. The highest BCUT2D eigenvalue weighted by atomic mass is 15.0. The minimum absolute atomic E-state index is 0.0711. The molecule has 96 heavy (non-hydrogen) atoms. The Balaban J connectivity index is 0.000000134. The third kappa shape index (κ3) is 7.90. The van der Waals surface area contributed by atoms with Gasteiger partial charge in [0.25, 0.3) is 0 Å². The molecule has 0 saturated carbocycles. The van der Waals surface area contributed by atoms with Crippen LogP contribution in [0.1, 0.15) is 69.5 Å². The van der Waals surface area contributed by atoms with E-state index in [4.69, 9.17) is 0 Å². The maximum atomic E-state index is 2.53. The van der Waals surface area contributed by atoms with Crippen LogP contribution in [0.25, 0.3) is 121 Å². The fourth-order valence-corrected chi connectivity index (χ4v) is 17.9. The molecular weight excluding hydrogens is 1160 g/mol. The van der Waals surface area contributed by atoms with Gasteiger partial charge in [0.1, 0.15) is 0 Å². The molecule has 0 N–H and O–H groups in total. The van der Waals surface area contributed by atoms with Crippen LogP contribution in [0.4, 0.5) is 0 Å². The quantitative estimate of drug-likeness (QED) is 0.144. The second-order valence-corrected chi connectivity index (χ2v) is 27.5. The van der Waals surface area contributed by atoms with E-state index in [-0.39, 0.29) is 5.41 Å². The molecule has 0 saturated heterocycles. The zero-order chi connectivity index (χ0) is 63.4. The minimum atomic E-state index is -0.411. The van der Waals surface area contributed by atoms with Gasteiger partial charge in [-0.1, -0.05) is 281 Å². The largest absolute Gasteiger partial charge is 0.336 e. The van der Waals surface area contributed by atoms with Crippen molar-refractivity contribution in [1.29, 1.82) is 0 Å². The van der Waals surface area contributed by atoms with E-state index in [2.05, 4.69) is 348 Å². The van der Waals surface area contributed by atoms with Crippen LogP contribution in [0.5, 0.6) is 0 Å². The highest BCUT2D eigenvalue weighted by molar-refractivity contribution is 6.11. The Morgan fingerprint density at radius 1 is 0.198 bits per heavy atom. The molecule has 3 aliphatic rings. The molecule has 21 rings (SSSR count). The van der Waals surface area contributed by atoms with E-state index in [9.17, 15) is 0 Å². The summed E-state index contributed by atoms with van der Waals surface area (Å²) in [5.74, 6) is 0. The van der Waals surface area contributed by atoms with Crippen molar-refractivity contribution in [2.24, 2.45) is 0 Å². The Morgan fingerprint density at radius 2 is 0.396 bits per heavy atom. The molecule has 4 heteroatoms. The number of rotatable bonds is 8. The molecule has 18 aromatic rings. The van der Waals surface area contributed by atoms with Gasteiger partial charge in [0.05, 0.1) is 5.41 Å². The molecule has 454 valence electrons. The first-order valence-electron chi connectivity index (χ1n) is 33.9. The first-order chi connectivity index (χ1) is 47.4. The van der Waals surface area contributed by atoms with Crippen molar-refractivity contribution in [3.63, 3.8) is 0 Å². The van der Waals surface area contributed by atoms with Crippen molar-refractivity contribution in [2.45, 2.75) is 50.9 Å². The van der Waals surface area contributed by atoms with Crippen LogP contribution in [-0.2, 0) is 37.0 Å². The highest BCUT2D eigenvalue weighted by Crippen LogP contribution is 2.63. The van der Waals surface area contributed by atoms with Gasteiger partial charge in [0, 0.05) is 119 Å². The summed E-state index contributed by atoms with van der Waals surface area (Å²) in [6.07, 6.45) is 0. The third-order valence-electron chi connectivity index (χ3n) is 22.1. The van der Waals surface area contributed by atoms with Crippen molar-refractivity contribution in [1.82, 2.24) is 18.3 Å². The summed E-state index contributed by atoms with van der Waals surface area (Å²) in [7, 11) is 0. The third-order valence-corrected chi connectivity index (χ3v) is 22.1. The number of nitrogens with zero attached hydrogens (tertiary/aromatic N) is 4. The number of benzene rings is 14.